The number of nitrogens with one attached hydrogen (secondary N) is 1. The summed E-state index contributed by atoms with van der Waals surface area (Å²) in [7, 11) is 5.92. The fraction of sp³-hybridized carbons (Fsp3) is 0.312. The molecule has 2 aromatic rings. The van der Waals surface area contributed by atoms with Gasteiger partial charge in [-0.05, 0) is 36.7 Å². The second kappa shape index (κ2) is 7.24. The van der Waals surface area contributed by atoms with Gasteiger partial charge in [-0.1, -0.05) is 12.1 Å². The molecule has 1 N–H and O–H groups in total. The van der Waals surface area contributed by atoms with Gasteiger partial charge in [0.25, 0.3) is 0 Å². The number of hydrogen-bond acceptors (Lipinski definition) is 4. The Labute approximate surface area is 130 Å². The molecule has 0 saturated carbocycles. The van der Waals surface area contributed by atoms with Gasteiger partial charge >= 0.3 is 0 Å². The molecule has 0 aliphatic rings. The fourth-order valence-electron chi connectivity index (χ4n) is 2.03. The largest absolute Gasteiger partial charge is 0.378 e. The average molecular weight is 303 g/mol. The quantitative estimate of drug-likeness (QED) is 0.891. The van der Waals surface area contributed by atoms with Crippen molar-refractivity contribution in [1.29, 1.82) is 0 Å². The van der Waals surface area contributed by atoms with Gasteiger partial charge < -0.3 is 10.2 Å². The van der Waals surface area contributed by atoms with Gasteiger partial charge in [0, 0.05) is 36.9 Å². The number of amides is 1. The van der Waals surface area contributed by atoms with E-state index in [1.165, 1.54) is 4.88 Å². The molecule has 0 saturated heterocycles. The first-order chi connectivity index (χ1) is 10.0. The minimum Gasteiger partial charge on any atom is -0.378 e. The lowest BCUT2D eigenvalue weighted by Crippen LogP contribution is -2.29. The van der Waals surface area contributed by atoms with Gasteiger partial charge in [-0.15, -0.1) is 11.3 Å². The van der Waals surface area contributed by atoms with Crippen molar-refractivity contribution in [1.82, 2.24) is 4.90 Å². The van der Waals surface area contributed by atoms with E-state index in [4.69, 9.17) is 0 Å². The van der Waals surface area contributed by atoms with Crippen LogP contribution in [0.5, 0.6) is 0 Å². The van der Waals surface area contributed by atoms with Crippen molar-refractivity contribution in [2.75, 3.05) is 37.9 Å². The van der Waals surface area contributed by atoms with E-state index in [1.54, 1.807) is 11.3 Å². The Bertz CT molecular complexity index is 581. The molecule has 112 valence electrons. The maximum Gasteiger partial charge on any atom is 0.238 e. The summed E-state index contributed by atoms with van der Waals surface area (Å²) in [6.07, 6.45) is 0. The zero-order valence-electron chi connectivity index (χ0n) is 12.7. The number of rotatable bonds is 6. The van der Waals surface area contributed by atoms with Gasteiger partial charge in [-0.25, -0.2) is 0 Å². The van der Waals surface area contributed by atoms with Gasteiger partial charge in [0.15, 0.2) is 0 Å². The highest BCUT2D eigenvalue weighted by atomic mass is 32.1. The Balaban J connectivity index is 1.88. The first kappa shape index (κ1) is 15.5. The molecule has 1 heterocycles. The SMILES string of the molecule is CN(CC(=O)Nc1cccc(N(C)C)c1)Cc1cccs1. The predicted molar refractivity (Wildman–Crippen MR) is 90.1 cm³/mol. The van der Waals surface area contributed by atoms with Crippen LogP contribution in [0.25, 0.3) is 0 Å². The van der Waals surface area contributed by atoms with Crippen LogP contribution in [0.2, 0.25) is 0 Å². The van der Waals surface area contributed by atoms with Crippen molar-refractivity contribution in [3.63, 3.8) is 0 Å². The van der Waals surface area contributed by atoms with Crippen molar-refractivity contribution < 1.29 is 4.79 Å². The van der Waals surface area contributed by atoms with E-state index in [0.717, 1.165) is 17.9 Å². The van der Waals surface area contributed by atoms with Gasteiger partial charge in [-0.2, -0.15) is 0 Å². The molecule has 1 aromatic carbocycles. The van der Waals surface area contributed by atoms with Gasteiger partial charge in [-0.3, -0.25) is 9.69 Å². The number of nitrogens with zero attached hydrogens (tertiary/aromatic N) is 2. The Morgan fingerprint density at radius 2 is 2.00 bits per heavy atom. The van der Waals surface area contributed by atoms with E-state index in [9.17, 15) is 4.79 Å². The highest BCUT2D eigenvalue weighted by Crippen LogP contribution is 2.17. The predicted octanol–water partition coefficient (Wildman–Crippen LogP) is 2.88. The van der Waals surface area contributed by atoms with E-state index < -0.39 is 0 Å². The lowest BCUT2D eigenvalue weighted by molar-refractivity contribution is -0.117. The number of thiophene rings is 1. The van der Waals surface area contributed by atoms with Crippen LogP contribution in [0.1, 0.15) is 4.88 Å². The molecule has 0 bridgehead atoms. The van der Waals surface area contributed by atoms with Gasteiger partial charge in [0.05, 0.1) is 6.54 Å². The van der Waals surface area contributed by atoms with Crippen LogP contribution in [0.4, 0.5) is 11.4 Å². The molecule has 1 aromatic heterocycles. The molecular weight excluding hydrogens is 282 g/mol. The van der Waals surface area contributed by atoms with E-state index in [-0.39, 0.29) is 5.91 Å². The summed E-state index contributed by atoms with van der Waals surface area (Å²) in [5.74, 6) is 0.00459. The second-order valence-corrected chi connectivity index (χ2v) is 6.28. The summed E-state index contributed by atoms with van der Waals surface area (Å²) in [4.78, 5) is 17.4. The highest BCUT2D eigenvalue weighted by Gasteiger charge is 2.08. The molecule has 2 rings (SSSR count). The van der Waals surface area contributed by atoms with Crippen LogP contribution in [0.3, 0.4) is 0 Å². The first-order valence-electron chi connectivity index (χ1n) is 6.83. The van der Waals surface area contributed by atoms with Crippen LogP contribution < -0.4 is 10.2 Å². The van der Waals surface area contributed by atoms with Crippen molar-refractivity contribution >= 4 is 28.6 Å². The third-order valence-electron chi connectivity index (χ3n) is 3.07. The molecule has 0 spiro atoms. The lowest BCUT2D eigenvalue weighted by atomic mass is 10.2. The molecule has 0 aliphatic carbocycles. The first-order valence-corrected chi connectivity index (χ1v) is 7.71. The van der Waals surface area contributed by atoms with E-state index in [1.807, 2.05) is 61.3 Å². The maximum absolute atomic E-state index is 12.1. The van der Waals surface area contributed by atoms with Crippen molar-refractivity contribution in [2.45, 2.75) is 6.54 Å². The topological polar surface area (TPSA) is 35.6 Å². The van der Waals surface area contributed by atoms with Crippen LogP contribution in [0.15, 0.2) is 41.8 Å². The van der Waals surface area contributed by atoms with Gasteiger partial charge in [0.2, 0.25) is 5.91 Å². The van der Waals surface area contributed by atoms with Crippen LogP contribution in [-0.4, -0.2) is 38.5 Å². The highest BCUT2D eigenvalue weighted by molar-refractivity contribution is 7.09. The summed E-state index contributed by atoms with van der Waals surface area (Å²) >= 11 is 1.71. The van der Waals surface area contributed by atoms with E-state index in [0.29, 0.717) is 6.54 Å². The number of hydrogen-bond donors (Lipinski definition) is 1. The molecular formula is C16H21N3OS. The minimum atomic E-state index is 0.00459. The Morgan fingerprint density at radius 3 is 2.67 bits per heavy atom. The molecule has 0 fully saturated rings. The van der Waals surface area contributed by atoms with E-state index in [2.05, 4.69) is 16.8 Å². The summed E-state index contributed by atoms with van der Waals surface area (Å²) in [6, 6.07) is 11.9. The Morgan fingerprint density at radius 1 is 1.19 bits per heavy atom. The lowest BCUT2D eigenvalue weighted by Gasteiger charge is -2.17. The van der Waals surface area contributed by atoms with E-state index >= 15 is 0 Å². The second-order valence-electron chi connectivity index (χ2n) is 5.24. The number of likely N-dealkylation sites (N-methyl/N-ethyl adjacent to an activating group) is 1. The monoisotopic (exact) mass is 303 g/mol. The molecule has 5 heteroatoms. The number of benzene rings is 1. The molecule has 1 amide bonds. The zero-order valence-corrected chi connectivity index (χ0v) is 13.5. The third kappa shape index (κ3) is 4.88. The number of carbonyl (C=O) groups is 1. The van der Waals surface area contributed by atoms with Crippen molar-refractivity contribution in [3.8, 4) is 0 Å². The number of carbonyl (C=O) groups excluding carboxylic acids is 1. The fourth-order valence-corrected chi connectivity index (χ4v) is 2.82. The van der Waals surface area contributed by atoms with Crippen LogP contribution in [0, 0.1) is 0 Å². The van der Waals surface area contributed by atoms with Crippen LogP contribution >= 0.6 is 11.3 Å². The maximum atomic E-state index is 12.1. The minimum absolute atomic E-state index is 0.00459. The standard InChI is InChI=1S/C16H21N3OS/c1-18(2)14-7-4-6-13(10-14)17-16(20)12-19(3)11-15-8-5-9-21-15/h4-10H,11-12H2,1-3H3,(H,17,20). The summed E-state index contributed by atoms with van der Waals surface area (Å²) < 4.78 is 0. The normalized spacial score (nSPS) is 10.7. The van der Waals surface area contributed by atoms with Gasteiger partial charge in [0.1, 0.15) is 0 Å². The molecule has 0 aliphatic heterocycles. The molecule has 0 unspecified atom stereocenters. The Hall–Kier alpha value is -1.85. The summed E-state index contributed by atoms with van der Waals surface area (Å²) in [5, 5.41) is 5.00. The average Bonchev–Trinajstić information content (AvgIpc) is 2.91. The van der Waals surface area contributed by atoms with Crippen molar-refractivity contribution in [3.05, 3.63) is 46.7 Å². The van der Waals surface area contributed by atoms with Crippen molar-refractivity contribution in [2.24, 2.45) is 0 Å². The molecule has 21 heavy (non-hydrogen) atoms. The summed E-state index contributed by atoms with van der Waals surface area (Å²) in [5.41, 5.74) is 1.90. The number of anilines is 2. The summed E-state index contributed by atoms with van der Waals surface area (Å²) in [6.45, 7) is 1.17. The zero-order chi connectivity index (χ0) is 15.2. The van der Waals surface area contributed by atoms with Crippen LogP contribution in [-0.2, 0) is 11.3 Å². The molecule has 0 radical (unpaired) electrons. The molecule has 0 atom stereocenters. The smallest absolute Gasteiger partial charge is 0.238 e. The third-order valence-corrected chi connectivity index (χ3v) is 3.93. The Kier molecular flexibility index (Phi) is 5.36. The molecule has 4 nitrogen and oxygen atoms in total.